The van der Waals surface area contributed by atoms with E-state index in [1.165, 1.54) is 10.8 Å². The molecule has 0 aliphatic carbocycles. The molecule has 1 aromatic carbocycles. The van der Waals surface area contributed by atoms with Gasteiger partial charge in [0, 0.05) is 24.7 Å². The van der Waals surface area contributed by atoms with Gasteiger partial charge in [-0.3, -0.25) is 4.90 Å². The first-order chi connectivity index (χ1) is 14.3. The van der Waals surface area contributed by atoms with Crippen LogP contribution in [0.3, 0.4) is 0 Å². The van der Waals surface area contributed by atoms with Gasteiger partial charge in [0.05, 0.1) is 24.5 Å². The van der Waals surface area contributed by atoms with E-state index in [0.717, 1.165) is 24.3 Å². The highest BCUT2D eigenvalue weighted by Crippen LogP contribution is 2.33. The molecule has 0 bridgehead atoms. The summed E-state index contributed by atoms with van der Waals surface area (Å²) in [7, 11) is 1.61. The average molecular weight is 432 g/mol. The SMILES string of the molecule is Cn1c([N+](=O)[O-])cnc1Cn1cc(CN2CCC(O)(c3ccc(Cl)cc3)CC2)nn1. The van der Waals surface area contributed by atoms with Crippen molar-refractivity contribution >= 4 is 17.4 Å². The van der Waals surface area contributed by atoms with E-state index in [4.69, 9.17) is 11.6 Å². The molecule has 11 heteroatoms. The lowest BCUT2D eigenvalue weighted by Gasteiger charge is -2.38. The zero-order valence-electron chi connectivity index (χ0n) is 16.5. The third-order valence-corrected chi connectivity index (χ3v) is 5.84. The molecule has 0 atom stereocenters. The molecule has 2 aromatic heterocycles. The van der Waals surface area contributed by atoms with Gasteiger partial charge in [0.1, 0.15) is 12.7 Å². The summed E-state index contributed by atoms with van der Waals surface area (Å²) in [6.07, 6.45) is 4.31. The first-order valence-electron chi connectivity index (χ1n) is 9.59. The van der Waals surface area contributed by atoms with Crippen molar-refractivity contribution in [1.29, 1.82) is 0 Å². The predicted octanol–water partition coefficient (Wildman–Crippen LogP) is 2.11. The molecule has 0 radical (unpaired) electrons. The second kappa shape index (κ2) is 8.13. The van der Waals surface area contributed by atoms with E-state index in [1.807, 2.05) is 18.3 Å². The van der Waals surface area contributed by atoms with Gasteiger partial charge in [-0.15, -0.1) is 5.10 Å². The fraction of sp³-hybridized carbons (Fsp3) is 0.421. The molecule has 1 N–H and O–H groups in total. The lowest BCUT2D eigenvalue weighted by Crippen LogP contribution is -2.42. The summed E-state index contributed by atoms with van der Waals surface area (Å²) in [6, 6.07) is 7.36. The highest BCUT2D eigenvalue weighted by Gasteiger charge is 2.34. The van der Waals surface area contributed by atoms with Crippen LogP contribution in [0.1, 0.15) is 29.9 Å². The molecule has 0 spiro atoms. The van der Waals surface area contributed by atoms with Crippen molar-refractivity contribution in [3.05, 3.63) is 68.9 Å². The molecule has 30 heavy (non-hydrogen) atoms. The van der Waals surface area contributed by atoms with Crippen LogP contribution in [0.15, 0.2) is 36.7 Å². The van der Waals surface area contributed by atoms with Crippen molar-refractivity contribution in [2.45, 2.75) is 31.5 Å². The third-order valence-electron chi connectivity index (χ3n) is 5.59. The van der Waals surface area contributed by atoms with E-state index in [1.54, 1.807) is 23.9 Å². The smallest absolute Gasteiger partial charge is 0.342 e. The molecule has 3 heterocycles. The van der Waals surface area contributed by atoms with E-state index in [9.17, 15) is 15.2 Å². The molecule has 1 aliphatic rings. The molecule has 3 aromatic rings. The summed E-state index contributed by atoms with van der Waals surface area (Å²) in [6.45, 7) is 2.39. The Labute approximate surface area is 177 Å². The van der Waals surface area contributed by atoms with Crippen molar-refractivity contribution in [1.82, 2.24) is 29.4 Å². The van der Waals surface area contributed by atoms with E-state index < -0.39 is 10.5 Å². The largest absolute Gasteiger partial charge is 0.385 e. The fourth-order valence-corrected chi connectivity index (χ4v) is 3.87. The highest BCUT2D eigenvalue weighted by atomic mass is 35.5. The minimum absolute atomic E-state index is 0.0631. The molecule has 0 amide bonds. The maximum atomic E-state index is 11.0. The molecule has 158 valence electrons. The zero-order chi connectivity index (χ0) is 21.3. The molecular formula is C19H22ClN7O3. The zero-order valence-corrected chi connectivity index (χ0v) is 17.2. The number of hydrogen-bond donors (Lipinski definition) is 1. The summed E-state index contributed by atoms with van der Waals surface area (Å²) in [4.78, 5) is 16.8. The molecule has 1 saturated heterocycles. The Hall–Kier alpha value is -2.82. The van der Waals surface area contributed by atoms with E-state index in [0.29, 0.717) is 36.8 Å². The number of aliphatic hydroxyl groups is 1. The number of likely N-dealkylation sites (tertiary alicyclic amines) is 1. The molecule has 10 nitrogen and oxygen atoms in total. The van der Waals surface area contributed by atoms with Gasteiger partial charge >= 0.3 is 5.82 Å². The van der Waals surface area contributed by atoms with Gasteiger partial charge in [0.25, 0.3) is 0 Å². The lowest BCUT2D eigenvalue weighted by molar-refractivity contribution is -0.391. The summed E-state index contributed by atoms with van der Waals surface area (Å²) in [5, 5.41) is 30.9. The maximum Gasteiger partial charge on any atom is 0.342 e. The summed E-state index contributed by atoms with van der Waals surface area (Å²) < 4.78 is 3.05. The Morgan fingerprint density at radius 1 is 1.23 bits per heavy atom. The topological polar surface area (TPSA) is 115 Å². The van der Waals surface area contributed by atoms with Crippen LogP contribution >= 0.6 is 11.6 Å². The maximum absolute atomic E-state index is 11.0. The van der Waals surface area contributed by atoms with Crippen LogP contribution in [-0.4, -0.2) is 52.6 Å². The number of hydrogen-bond acceptors (Lipinski definition) is 7. The molecule has 1 aliphatic heterocycles. The summed E-state index contributed by atoms with van der Waals surface area (Å²) >= 11 is 5.95. The first-order valence-corrected chi connectivity index (χ1v) is 9.97. The normalized spacial score (nSPS) is 16.6. The van der Waals surface area contributed by atoms with Crippen molar-refractivity contribution in [3.8, 4) is 0 Å². The lowest BCUT2D eigenvalue weighted by atomic mass is 9.84. The van der Waals surface area contributed by atoms with Crippen LogP contribution in [0.2, 0.25) is 5.02 Å². The number of imidazole rings is 1. The Morgan fingerprint density at radius 3 is 2.57 bits per heavy atom. The molecule has 0 unspecified atom stereocenters. The number of benzene rings is 1. The Balaban J connectivity index is 1.35. The minimum atomic E-state index is -0.842. The summed E-state index contributed by atoms with van der Waals surface area (Å²) in [5.41, 5.74) is 0.850. The number of piperidine rings is 1. The molecule has 4 rings (SSSR count). The highest BCUT2D eigenvalue weighted by molar-refractivity contribution is 6.30. The Morgan fingerprint density at radius 2 is 1.93 bits per heavy atom. The van der Waals surface area contributed by atoms with Gasteiger partial charge in [-0.25, -0.2) is 14.2 Å². The van der Waals surface area contributed by atoms with Gasteiger partial charge in [-0.2, -0.15) is 0 Å². The van der Waals surface area contributed by atoms with Gasteiger partial charge in [-0.05, 0) is 35.5 Å². The Bertz CT molecular complexity index is 1040. The quantitative estimate of drug-likeness (QED) is 0.469. The summed E-state index contributed by atoms with van der Waals surface area (Å²) in [5.74, 6) is 0.469. The number of aromatic nitrogens is 5. The van der Waals surface area contributed by atoms with Crippen molar-refractivity contribution in [3.63, 3.8) is 0 Å². The molecular weight excluding hydrogens is 410 g/mol. The molecule has 1 fully saturated rings. The van der Waals surface area contributed by atoms with Crippen molar-refractivity contribution < 1.29 is 10.0 Å². The second-order valence-electron chi connectivity index (χ2n) is 7.57. The number of halogens is 1. The standard InChI is InChI=1S/C19H22ClN7O3/c1-24-17(21-10-18(24)27(29)30)13-26-12-16(22-23-26)11-25-8-6-19(28,7-9-25)14-2-4-15(20)5-3-14/h2-5,10,12,28H,6-9,11,13H2,1H3. The Kier molecular flexibility index (Phi) is 5.54. The van der Waals surface area contributed by atoms with Crippen LogP contribution in [-0.2, 0) is 25.7 Å². The first kappa shape index (κ1) is 20.5. The van der Waals surface area contributed by atoms with E-state index in [2.05, 4.69) is 20.2 Å². The van der Waals surface area contributed by atoms with Crippen LogP contribution in [0, 0.1) is 10.1 Å². The van der Waals surface area contributed by atoms with Gasteiger partial charge in [0.2, 0.25) is 5.82 Å². The van der Waals surface area contributed by atoms with Crippen LogP contribution in [0.4, 0.5) is 5.82 Å². The van der Waals surface area contributed by atoms with Crippen molar-refractivity contribution in [2.24, 2.45) is 7.05 Å². The van der Waals surface area contributed by atoms with E-state index in [-0.39, 0.29) is 5.82 Å². The van der Waals surface area contributed by atoms with Gasteiger partial charge < -0.3 is 15.2 Å². The van der Waals surface area contributed by atoms with Crippen LogP contribution in [0.25, 0.3) is 0 Å². The van der Waals surface area contributed by atoms with Gasteiger partial charge in [0.15, 0.2) is 0 Å². The minimum Gasteiger partial charge on any atom is -0.385 e. The number of nitrogens with zero attached hydrogens (tertiary/aromatic N) is 7. The van der Waals surface area contributed by atoms with Crippen molar-refractivity contribution in [2.75, 3.05) is 13.1 Å². The number of nitro groups is 1. The monoisotopic (exact) mass is 431 g/mol. The van der Waals surface area contributed by atoms with Crippen LogP contribution < -0.4 is 0 Å². The fourth-order valence-electron chi connectivity index (χ4n) is 3.75. The van der Waals surface area contributed by atoms with Crippen LogP contribution in [0.5, 0.6) is 0 Å². The number of rotatable bonds is 6. The predicted molar refractivity (Wildman–Crippen MR) is 109 cm³/mol. The third kappa shape index (κ3) is 4.20. The average Bonchev–Trinajstić information content (AvgIpc) is 3.31. The van der Waals surface area contributed by atoms with E-state index >= 15 is 0 Å². The van der Waals surface area contributed by atoms with Gasteiger partial charge in [-0.1, -0.05) is 28.9 Å². The molecule has 0 saturated carbocycles. The second-order valence-corrected chi connectivity index (χ2v) is 8.01.